The van der Waals surface area contributed by atoms with E-state index in [1.807, 2.05) is 43.3 Å². The number of para-hydroxylation sites is 1. The second-order valence-corrected chi connectivity index (χ2v) is 4.96. The molecule has 0 aromatic heterocycles. The fourth-order valence-corrected chi connectivity index (χ4v) is 2.14. The summed E-state index contributed by atoms with van der Waals surface area (Å²) in [4.78, 5) is 11.8. The molecule has 0 spiro atoms. The number of methoxy groups -OCH3 is 1. The van der Waals surface area contributed by atoms with Gasteiger partial charge in [-0.05, 0) is 30.7 Å². The summed E-state index contributed by atoms with van der Waals surface area (Å²) >= 11 is 0. The summed E-state index contributed by atoms with van der Waals surface area (Å²) in [5, 5.41) is 15.5. The lowest BCUT2D eigenvalue weighted by Crippen LogP contribution is -2.32. The molecule has 0 aliphatic carbocycles. The summed E-state index contributed by atoms with van der Waals surface area (Å²) in [5.41, 5.74) is 2.41. The molecular weight excluding hydrogens is 280 g/mol. The van der Waals surface area contributed by atoms with E-state index in [9.17, 15) is 9.90 Å². The number of aryl methyl sites for hydroxylation is 1. The lowest BCUT2D eigenvalue weighted by Gasteiger charge is -2.15. The summed E-state index contributed by atoms with van der Waals surface area (Å²) in [7, 11) is 1.55. The van der Waals surface area contributed by atoms with Gasteiger partial charge in [0, 0.05) is 17.8 Å². The van der Waals surface area contributed by atoms with Crippen molar-refractivity contribution in [2.45, 2.75) is 13.0 Å². The zero-order valence-electron chi connectivity index (χ0n) is 12.7. The second-order valence-electron chi connectivity index (χ2n) is 4.96. The van der Waals surface area contributed by atoms with E-state index >= 15 is 0 Å². The van der Waals surface area contributed by atoms with Crippen LogP contribution in [0.1, 0.15) is 17.2 Å². The Morgan fingerprint density at radius 3 is 2.73 bits per heavy atom. The topological polar surface area (TPSA) is 70.6 Å². The quantitative estimate of drug-likeness (QED) is 0.795. The van der Waals surface area contributed by atoms with Crippen molar-refractivity contribution in [3.8, 4) is 5.75 Å². The molecule has 0 saturated carbocycles. The number of anilines is 1. The van der Waals surface area contributed by atoms with Crippen LogP contribution in [0.15, 0.2) is 48.5 Å². The van der Waals surface area contributed by atoms with E-state index in [4.69, 9.17) is 4.74 Å². The van der Waals surface area contributed by atoms with Gasteiger partial charge in [-0.15, -0.1) is 0 Å². The number of carbonyl (C=O) groups excluding carboxylic acids is 1. The van der Waals surface area contributed by atoms with Gasteiger partial charge in [-0.25, -0.2) is 4.79 Å². The summed E-state index contributed by atoms with van der Waals surface area (Å²) in [5.74, 6) is 0.593. The van der Waals surface area contributed by atoms with E-state index in [2.05, 4.69) is 10.6 Å². The van der Waals surface area contributed by atoms with E-state index in [0.29, 0.717) is 17.0 Å². The van der Waals surface area contributed by atoms with E-state index in [1.54, 1.807) is 19.2 Å². The van der Waals surface area contributed by atoms with Gasteiger partial charge >= 0.3 is 6.03 Å². The van der Waals surface area contributed by atoms with Gasteiger partial charge in [0.05, 0.1) is 13.2 Å². The van der Waals surface area contributed by atoms with Crippen molar-refractivity contribution in [3.05, 3.63) is 59.7 Å². The third-order valence-corrected chi connectivity index (χ3v) is 3.23. The maximum Gasteiger partial charge on any atom is 0.319 e. The summed E-state index contributed by atoms with van der Waals surface area (Å²) < 4.78 is 5.19. The normalized spacial score (nSPS) is 11.6. The highest BCUT2D eigenvalue weighted by molar-refractivity contribution is 5.89. The van der Waals surface area contributed by atoms with Gasteiger partial charge in [0.1, 0.15) is 5.75 Å². The fraction of sp³-hybridized carbons (Fsp3) is 0.235. The third kappa shape index (κ3) is 4.23. The van der Waals surface area contributed by atoms with Crippen LogP contribution in [0.25, 0.3) is 0 Å². The average Bonchev–Trinajstić information content (AvgIpc) is 2.52. The lowest BCUT2D eigenvalue weighted by atomic mass is 10.1. The Labute approximate surface area is 129 Å². The Kier molecular flexibility index (Phi) is 5.38. The molecule has 2 aromatic carbocycles. The summed E-state index contributed by atoms with van der Waals surface area (Å²) in [6.45, 7) is 2.05. The molecule has 116 valence electrons. The molecule has 0 saturated heterocycles. The molecule has 5 nitrogen and oxygen atoms in total. The zero-order valence-corrected chi connectivity index (χ0v) is 12.7. The number of aliphatic hydroxyl groups excluding tert-OH is 1. The van der Waals surface area contributed by atoms with Crippen LogP contribution in [-0.2, 0) is 0 Å². The molecule has 2 amide bonds. The smallest absolute Gasteiger partial charge is 0.319 e. The van der Waals surface area contributed by atoms with Gasteiger partial charge in [-0.2, -0.15) is 0 Å². The number of benzene rings is 2. The van der Waals surface area contributed by atoms with Crippen LogP contribution in [0.2, 0.25) is 0 Å². The molecule has 0 aliphatic rings. The molecule has 3 N–H and O–H groups in total. The van der Waals surface area contributed by atoms with Gasteiger partial charge in [-0.1, -0.05) is 30.3 Å². The maximum absolute atomic E-state index is 11.8. The van der Waals surface area contributed by atoms with Crippen LogP contribution < -0.4 is 15.4 Å². The van der Waals surface area contributed by atoms with Crippen molar-refractivity contribution in [2.75, 3.05) is 19.0 Å². The van der Waals surface area contributed by atoms with Gasteiger partial charge in [0.15, 0.2) is 0 Å². The van der Waals surface area contributed by atoms with Crippen molar-refractivity contribution in [2.24, 2.45) is 0 Å². The van der Waals surface area contributed by atoms with E-state index < -0.39 is 6.10 Å². The van der Waals surface area contributed by atoms with Crippen LogP contribution in [0.4, 0.5) is 10.5 Å². The van der Waals surface area contributed by atoms with Crippen LogP contribution in [-0.4, -0.2) is 24.8 Å². The first-order chi connectivity index (χ1) is 10.6. The SMILES string of the molecule is COc1ccccc1C(O)CNC(=O)Nc1cccc(C)c1. The van der Waals surface area contributed by atoms with Crippen LogP contribution in [0.5, 0.6) is 5.75 Å². The maximum atomic E-state index is 11.8. The summed E-state index contributed by atoms with van der Waals surface area (Å²) in [6, 6.07) is 14.3. The zero-order chi connectivity index (χ0) is 15.9. The molecule has 0 heterocycles. The number of nitrogens with one attached hydrogen (secondary N) is 2. The first-order valence-corrected chi connectivity index (χ1v) is 7.02. The number of rotatable bonds is 5. The minimum Gasteiger partial charge on any atom is -0.496 e. The number of hydrogen-bond acceptors (Lipinski definition) is 3. The Morgan fingerprint density at radius 2 is 2.00 bits per heavy atom. The molecular formula is C17H20N2O3. The monoisotopic (exact) mass is 300 g/mol. The number of aliphatic hydroxyl groups is 1. The number of carbonyl (C=O) groups is 1. The van der Waals surface area contributed by atoms with Gasteiger partial charge < -0.3 is 20.5 Å². The average molecular weight is 300 g/mol. The molecule has 1 atom stereocenters. The lowest BCUT2D eigenvalue weighted by molar-refractivity contribution is 0.171. The highest BCUT2D eigenvalue weighted by atomic mass is 16.5. The van der Waals surface area contributed by atoms with Crippen molar-refractivity contribution in [1.82, 2.24) is 5.32 Å². The van der Waals surface area contributed by atoms with E-state index in [-0.39, 0.29) is 12.6 Å². The molecule has 5 heteroatoms. The first kappa shape index (κ1) is 15.9. The van der Waals surface area contributed by atoms with Crippen molar-refractivity contribution >= 4 is 11.7 Å². The van der Waals surface area contributed by atoms with E-state index in [1.165, 1.54) is 0 Å². The fourth-order valence-electron chi connectivity index (χ4n) is 2.14. The molecule has 22 heavy (non-hydrogen) atoms. The van der Waals surface area contributed by atoms with Crippen molar-refractivity contribution in [3.63, 3.8) is 0 Å². The molecule has 1 unspecified atom stereocenters. The summed E-state index contributed by atoms with van der Waals surface area (Å²) in [6.07, 6.45) is -0.834. The standard InChI is InChI=1S/C17H20N2O3/c1-12-6-5-7-13(10-12)19-17(21)18-11-15(20)14-8-3-4-9-16(14)22-2/h3-10,15,20H,11H2,1-2H3,(H2,18,19,21). The Bertz CT molecular complexity index is 643. The molecule has 0 aliphatic heterocycles. The number of amides is 2. The molecule has 2 aromatic rings. The van der Waals surface area contributed by atoms with Gasteiger partial charge in [0.2, 0.25) is 0 Å². The molecule has 0 radical (unpaired) electrons. The largest absolute Gasteiger partial charge is 0.496 e. The first-order valence-electron chi connectivity index (χ1n) is 7.02. The minimum absolute atomic E-state index is 0.0953. The number of urea groups is 1. The predicted octanol–water partition coefficient (Wildman–Crippen LogP) is 2.86. The highest BCUT2D eigenvalue weighted by Crippen LogP contribution is 2.24. The van der Waals surface area contributed by atoms with Crippen LogP contribution >= 0.6 is 0 Å². The van der Waals surface area contributed by atoms with Crippen LogP contribution in [0.3, 0.4) is 0 Å². The van der Waals surface area contributed by atoms with Crippen molar-refractivity contribution in [1.29, 1.82) is 0 Å². The highest BCUT2D eigenvalue weighted by Gasteiger charge is 2.13. The minimum atomic E-state index is -0.834. The van der Waals surface area contributed by atoms with Gasteiger partial charge in [0.25, 0.3) is 0 Å². The predicted molar refractivity (Wildman–Crippen MR) is 86.2 cm³/mol. The number of ether oxygens (including phenoxy) is 1. The van der Waals surface area contributed by atoms with Gasteiger partial charge in [-0.3, -0.25) is 0 Å². The number of hydrogen-bond donors (Lipinski definition) is 3. The third-order valence-electron chi connectivity index (χ3n) is 3.23. The van der Waals surface area contributed by atoms with E-state index in [0.717, 1.165) is 5.56 Å². The molecule has 0 fully saturated rings. The molecule has 0 bridgehead atoms. The second kappa shape index (κ2) is 7.47. The Balaban J connectivity index is 1.90. The Morgan fingerprint density at radius 1 is 1.23 bits per heavy atom. The molecule has 2 rings (SSSR count). The van der Waals surface area contributed by atoms with Crippen LogP contribution in [0, 0.1) is 6.92 Å². The Hall–Kier alpha value is -2.53. The van der Waals surface area contributed by atoms with Crippen molar-refractivity contribution < 1.29 is 14.6 Å².